The fourth-order valence-electron chi connectivity index (χ4n) is 5.00. The molecule has 4 nitrogen and oxygen atoms in total. The van der Waals surface area contributed by atoms with E-state index in [-0.39, 0.29) is 0 Å². The molecule has 36 heavy (non-hydrogen) atoms. The van der Waals surface area contributed by atoms with Crippen molar-refractivity contribution >= 4 is 43.1 Å². The summed E-state index contributed by atoms with van der Waals surface area (Å²) in [5, 5.41) is 26.6. The van der Waals surface area contributed by atoms with E-state index in [1.54, 1.807) is 0 Å². The van der Waals surface area contributed by atoms with Gasteiger partial charge in [0.2, 0.25) is 12.4 Å². The highest BCUT2D eigenvalue weighted by Crippen LogP contribution is 2.35. The van der Waals surface area contributed by atoms with Gasteiger partial charge >= 0.3 is 6.18 Å². The Hall–Kier alpha value is -5.01. The molecule has 0 aliphatic carbocycles. The van der Waals surface area contributed by atoms with Crippen molar-refractivity contribution in [2.24, 2.45) is 9.98 Å². The summed E-state index contributed by atoms with van der Waals surface area (Å²) in [6.07, 6.45) is -0.621. The molecule has 0 spiro atoms. The molecular weight excluding hydrogens is 461 g/mol. The molecule has 7 heteroatoms. The smallest absolute Gasteiger partial charge is 0.172 e. The lowest BCUT2D eigenvalue weighted by atomic mass is 10.0. The quantitative estimate of drug-likeness (QED) is 0.251. The third kappa shape index (κ3) is 3.14. The van der Waals surface area contributed by atoms with Crippen molar-refractivity contribution in [3.05, 3.63) is 95.1 Å². The van der Waals surface area contributed by atoms with Crippen LogP contribution in [0.4, 0.5) is 13.2 Å². The maximum Gasteiger partial charge on any atom is 0.416 e. The van der Waals surface area contributed by atoms with Crippen LogP contribution in [-0.2, 0) is 6.18 Å². The van der Waals surface area contributed by atoms with E-state index in [0.717, 1.165) is 55.2 Å². The fraction of sp³-hybridized carbons (Fsp3) is 0.0345. The Morgan fingerprint density at radius 1 is 0.528 bits per heavy atom. The number of hydrogen-bond donors (Lipinski definition) is 0. The van der Waals surface area contributed by atoms with Gasteiger partial charge in [0.1, 0.15) is 0 Å². The van der Waals surface area contributed by atoms with Crippen LogP contribution in [0.15, 0.2) is 88.8 Å². The maximum absolute atomic E-state index is 13.0. The van der Waals surface area contributed by atoms with Crippen molar-refractivity contribution in [3.63, 3.8) is 0 Å². The number of halogens is 3. The number of nitrogens with zero attached hydrogens (tertiary/aromatic N) is 4. The van der Waals surface area contributed by atoms with E-state index in [9.17, 15) is 23.7 Å². The lowest BCUT2D eigenvalue weighted by molar-refractivity contribution is -0.137. The van der Waals surface area contributed by atoms with Crippen LogP contribution in [0, 0.1) is 22.9 Å². The Morgan fingerprint density at radius 2 is 1.03 bits per heavy atom. The van der Waals surface area contributed by atoms with E-state index in [2.05, 4.69) is 9.98 Å². The van der Waals surface area contributed by atoms with Crippen molar-refractivity contribution in [3.8, 4) is 23.5 Å². The molecule has 0 fully saturated rings. The van der Waals surface area contributed by atoms with E-state index in [4.69, 9.17) is 0 Å². The van der Waals surface area contributed by atoms with Gasteiger partial charge < -0.3 is 0 Å². The maximum atomic E-state index is 13.0. The third-order valence-corrected chi connectivity index (χ3v) is 6.57. The monoisotopic (exact) mass is 474 g/mol. The first-order valence-corrected chi connectivity index (χ1v) is 11.0. The minimum atomic E-state index is -4.41. The number of nitriles is 2. The summed E-state index contributed by atoms with van der Waals surface area (Å²) in [4.78, 5) is 8.20. The lowest BCUT2D eigenvalue weighted by Crippen LogP contribution is -2.04. The summed E-state index contributed by atoms with van der Waals surface area (Å²) in [6, 6.07) is 22.2. The normalized spacial score (nSPS) is 13.1. The zero-order valence-corrected chi connectivity index (χ0v) is 18.4. The zero-order valence-electron chi connectivity index (χ0n) is 18.4. The molecular formula is C29H13F3N4. The van der Waals surface area contributed by atoms with Gasteiger partial charge in [-0.1, -0.05) is 48.5 Å². The van der Waals surface area contributed by atoms with Gasteiger partial charge in [-0.2, -0.15) is 33.7 Å². The molecule has 6 rings (SSSR count). The van der Waals surface area contributed by atoms with Gasteiger partial charge in [-0.3, -0.25) is 0 Å². The predicted molar refractivity (Wildman–Crippen MR) is 132 cm³/mol. The molecule has 0 unspecified atom stereocenters. The Labute approximate surface area is 201 Å². The Morgan fingerprint density at radius 3 is 1.61 bits per heavy atom. The molecule has 0 aromatic heterocycles. The number of rotatable bonds is 1. The summed E-state index contributed by atoms with van der Waals surface area (Å²) in [5.74, 6) is 0. The van der Waals surface area contributed by atoms with Gasteiger partial charge in [-0.15, -0.1) is 0 Å². The van der Waals surface area contributed by atoms with Gasteiger partial charge in [0.15, 0.2) is 0 Å². The third-order valence-electron chi connectivity index (χ3n) is 6.57. The van der Waals surface area contributed by atoms with Gasteiger partial charge in [0.05, 0.1) is 16.3 Å². The highest BCUT2D eigenvalue weighted by atomic mass is 19.4. The van der Waals surface area contributed by atoms with E-state index < -0.39 is 11.7 Å². The first kappa shape index (κ1) is 21.5. The second-order valence-corrected chi connectivity index (χ2v) is 8.45. The molecule has 0 aliphatic heterocycles. The highest BCUT2D eigenvalue weighted by molar-refractivity contribution is 6.21. The Bertz CT molecular complexity index is 2050. The Kier molecular flexibility index (Phi) is 4.64. The SMILES string of the molecule is N#CN=c1c2ccccc2c2cc3c(=NC#N)c4cc(-c5ccc(C(F)(F)F)cc5)ccc4c3cc12. The van der Waals surface area contributed by atoms with E-state index >= 15 is 0 Å². The van der Waals surface area contributed by atoms with Crippen molar-refractivity contribution in [2.75, 3.05) is 0 Å². The van der Waals surface area contributed by atoms with Crippen molar-refractivity contribution in [1.29, 1.82) is 10.5 Å². The molecule has 170 valence electrons. The molecule has 0 amide bonds. The van der Waals surface area contributed by atoms with E-state index in [1.165, 1.54) is 12.1 Å². The van der Waals surface area contributed by atoms with Crippen LogP contribution in [0.25, 0.3) is 54.2 Å². The summed E-state index contributed by atoms with van der Waals surface area (Å²) >= 11 is 0. The molecule has 0 bridgehead atoms. The van der Waals surface area contributed by atoms with Crippen LogP contribution in [-0.4, -0.2) is 0 Å². The van der Waals surface area contributed by atoms with Crippen LogP contribution < -0.4 is 10.7 Å². The molecule has 0 saturated heterocycles. The largest absolute Gasteiger partial charge is 0.416 e. The number of benzene rings is 4. The average Bonchev–Trinajstić information content (AvgIpc) is 3.35. The zero-order chi connectivity index (χ0) is 25.0. The predicted octanol–water partition coefficient (Wildman–Crippen LogP) is 6.62. The topological polar surface area (TPSA) is 72.3 Å². The summed E-state index contributed by atoms with van der Waals surface area (Å²) < 4.78 is 39.0. The van der Waals surface area contributed by atoms with E-state index in [1.807, 2.05) is 67.0 Å². The standard InChI is InChI=1S/C29H13F3N4/c30-29(31,32)18-8-5-16(6-9-18)17-7-10-20-23-13-25-22(12-26(23)28(36-15-34)24(20)11-17)19-3-1-2-4-21(19)27(25)35-14-33/h1-13H. The Balaban J connectivity index is 1.67. The molecule has 0 N–H and O–H groups in total. The molecule has 0 radical (unpaired) electrons. The highest BCUT2D eigenvalue weighted by Gasteiger charge is 2.30. The van der Waals surface area contributed by atoms with Gasteiger partial charge in [-0.05, 0) is 63.0 Å². The second-order valence-electron chi connectivity index (χ2n) is 8.45. The minimum Gasteiger partial charge on any atom is -0.172 e. The van der Waals surface area contributed by atoms with Crippen molar-refractivity contribution in [2.45, 2.75) is 6.18 Å². The van der Waals surface area contributed by atoms with Crippen LogP contribution in [0.3, 0.4) is 0 Å². The van der Waals surface area contributed by atoms with E-state index in [0.29, 0.717) is 21.8 Å². The minimum absolute atomic E-state index is 0.502. The average molecular weight is 474 g/mol. The molecule has 0 atom stereocenters. The number of alkyl halides is 3. The summed E-state index contributed by atoms with van der Waals surface area (Å²) in [5.41, 5.74) is 0.625. The van der Waals surface area contributed by atoms with Crippen LogP contribution in [0.1, 0.15) is 5.56 Å². The van der Waals surface area contributed by atoms with Crippen LogP contribution >= 0.6 is 0 Å². The molecule has 6 aromatic rings. The second kappa shape index (κ2) is 7.76. The lowest BCUT2D eigenvalue weighted by Gasteiger charge is -2.08. The molecule has 0 saturated carbocycles. The van der Waals surface area contributed by atoms with Crippen molar-refractivity contribution in [1.82, 2.24) is 0 Å². The number of hydrogen-bond acceptors (Lipinski definition) is 4. The summed E-state index contributed by atoms with van der Waals surface area (Å²) in [7, 11) is 0. The van der Waals surface area contributed by atoms with Gasteiger partial charge in [0, 0.05) is 21.5 Å². The van der Waals surface area contributed by atoms with Crippen molar-refractivity contribution < 1.29 is 13.2 Å². The molecule has 0 aliphatic rings. The number of fused-ring (bicyclic) bond motifs is 6. The first-order chi connectivity index (χ1) is 17.4. The van der Waals surface area contributed by atoms with Crippen LogP contribution in [0.5, 0.6) is 0 Å². The molecule has 6 aromatic carbocycles. The first-order valence-electron chi connectivity index (χ1n) is 11.0. The van der Waals surface area contributed by atoms with Gasteiger partial charge in [-0.25, -0.2) is 0 Å². The molecule has 0 heterocycles. The van der Waals surface area contributed by atoms with Gasteiger partial charge in [0.25, 0.3) is 0 Å². The summed E-state index contributed by atoms with van der Waals surface area (Å²) in [6.45, 7) is 0. The van der Waals surface area contributed by atoms with Crippen LogP contribution in [0.2, 0.25) is 0 Å². The fourth-order valence-corrected chi connectivity index (χ4v) is 5.00.